The first-order chi connectivity index (χ1) is 6.63. The van der Waals surface area contributed by atoms with Gasteiger partial charge in [-0.2, -0.15) is 0 Å². The quantitative estimate of drug-likeness (QED) is 0.725. The molecule has 1 N–H and O–H groups in total. The first-order valence-electron chi connectivity index (χ1n) is 4.02. The first kappa shape index (κ1) is 10.4. The highest BCUT2D eigenvalue weighted by atomic mass is 19.2. The average molecular weight is 197 g/mol. The van der Waals surface area contributed by atoms with E-state index < -0.39 is 11.6 Å². The Balaban J connectivity index is 2.78. The number of allylic oxidation sites excluding steroid dienone is 1. The van der Waals surface area contributed by atoms with Crippen LogP contribution in [-0.4, -0.2) is 5.91 Å². The van der Waals surface area contributed by atoms with Crippen LogP contribution < -0.4 is 5.32 Å². The fourth-order valence-electron chi connectivity index (χ4n) is 0.909. The number of rotatable bonds is 2. The molecular formula is C10H9F2NO. The minimum absolute atomic E-state index is 0.229. The Hall–Kier alpha value is -1.71. The van der Waals surface area contributed by atoms with Gasteiger partial charge in [-0.25, -0.2) is 8.78 Å². The molecule has 1 aromatic rings. The van der Waals surface area contributed by atoms with E-state index >= 15 is 0 Å². The molecule has 0 atom stereocenters. The predicted octanol–water partition coefficient (Wildman–Crippen LogP) is 2.48. The second kappa shape index (κ2) is 4.50. The average Bonchev–Trinajstić information content (AvgIpc) is 2.12. The molecule has 0 aliphatic carbocycles. The van der Waals surface area contributed by atoms with Gasteiger partial charge in [0, 0.05) is 11.8 Å². The molecular weight excluding hydrogens is 188 g/mol. The molecule has 0 saturated heterocycles. The van der Waals surface area contributed by atoms with E-state index in [0.29, 0.717) is 0 Å². The monoisotopic (exact) mass is 197 g/mol. The van der Waals surface area contributed by atoms with Gasteiger partial charge in [0.15, 0.2) is 11.6 Å². The number of anilines is 1. The summed E-state index contributed by atoms with van der Waals surface area (Å²) in [5.41, 5.74) is 0.229. The van der Waals surface area contributed by atoms with Crippen LogP contribution in [0.15, 0.2) is 30.4 Å². The molecule has 0 aliphatic rings. The fraction of sp³-hybridized carbons (Fsp3) is 0.100. The van der Waals surface area contributed by atoms with Crippen molar-refractivity contribution < 1.29 is 13.6 Å². The molecule has 0 spiro atoms. The van der Waals surface area contributed by atoms with Crippen LogP contribution in [0, 0.1) is 11.6 Å². The van der Waals surface area contributed by atoms with Gasteiger partial charge in [-0.3, -0.25) is 4.79 Å². The van der Waals surface area contributed by atoms with Crippen molar-refractivity contribution in [3.8, 4) is 0 Å². The van der Waals surface area contributed by atoms with Gasteiger partial charge in [0.1, 0.15) is 0 Å². The summed E-state index contributed by atoms with van der Waals surface area (Å²) in [7, 11) is 0. The largest absolute Gasteiger partial charge is 0.322 e. The lowest BCUT2D eigenvalue weighted by molar-refractivity contribution is -0.111. The topological polar surface area (TPSA) is 29.1 Å². The zero-order chi connectivity index (χ0) is 10.6. The maximum atomic E-state index is 12.7. The first-order valence-corrected chi connectivity index (χ1v) is 4.02. The van der Waals surface area contributed by atoms with Crippen LogP contribution in [0.1, 0.15) is 6.92 Å². The van der Waals surface area contributed by atoms with Gasteiger partial charge in [0.2, 0.25) is 5.91 Å². The number of benzene rings is 1. The van der Waals surface area contributed by atoms with Gasteiger partial charge in [-0.05, 0) is 25.1 Å². The van der Waals surface area contributed by atoms with Crippen LogP contribution in [0.3, 0.4) is 0 Å². The molecule has 0 bridgehead atoms. The molecule has 74 valence electrons. The maximum Gasteiger partial charge on any atom is 0.248 e. The number of nitrogens with one attached hydrogen (secondary N) is 1. The molecule has 0 saturated carbocycles. The lowest BCUT2D eigenvalue weighted by Crippen LogP contribution is -2.07. The summed E-state index contributed by atoms with van der Waals surface area (Å²) >= 11 is 0. The molecule has 0 radical (unpaired) electrons. The third-order valence-corrected chi connectivity index (χ3v) is 1.51. The second-order valence-corrected chi connectivity index (χ2v) is 2.62. The Labute approximate surface area is 80.2 Å². The number of carbonyl (C=O) groups is 1. The van der Waals surface area contributed by atoms with E-state index in [9.17, 15) is 13.6 Å². The highest BCUT2D eigenvalue weighted by Crippen LogP contribution is 2.12. The molecule has 2 nitrogen and oxygen atoms in total. The fourth-order valence-corrected chi connectivity index (χ4v) is 0.909. The summed E-state index contributed by atoms with van der Waals surface area (Å²) in [5, 5.41) is 2.38. The van der Waals surface area contributed by atoms with E-state index in [2.05, 4.69) is 5.32 Å². The molecule has 0 aliphatic heterocycles. The van der Waals surface area contributed by atoms with Crippen molar-refractivity contribution in [2.75, 3.05) is 5.32 Å². The number of hydrogen-bond acceptors (Lipinski definition) is 1. The summed E-state index contributed by atoms with van der Waals surface area (Å²) in [6.45, 7) is 1.69. The highest BCUT2D eigenvalue weighted by molar-refractivity contribution is 5.99. The lowest BCUT2D eigenvalue weighted by Gasteiger charge is -2.01. The molecule has 1 rings (SSSR count). The van der Waals surface area contributed by atoms with Gasteiger partial charge in [-0.1, -0.05) is 6.08 Å². The van der Waals surface area contributed by atoms with E-state index in [-0.39, 0.29) is 11.6 Å². The van der Waals surface area contributed by atoms with Crippen molar-refractivity contribution >= 4 is 11.6 Å². The highest BCUT2D eigenvalue weighted by Gasteiger charge is 2.03. The molecule has 0 aromatic heterocycles. The summed E-state index contributed by atoms with van der Waals surface area (Å²) in [6.07, 6.45) is 2.84. The Kier molecular flexibility index (Phi) is 3.34. The van der Waals surface area contributed by atoms with E-state index in [4.69, 9.17) is 0 Å². The van der Waals surface area contributed by atoms with Crippen molar-refractivity contribution in [2.24, 2.45) is 0 Å². The number of halogens is 2. The van der Waals surface area contributed by atoms with E-state index in [0.717, 1.165) is 12.1 Å². The molecule has 0 fully saturated rings. The van der Waals surface area contributed by atoms with Gasteiger partial charge in [0.05, 0.1) is 0 Å². The van der Waals surface area contributed by atoms with Crippen molar-refractivity contribution in [2.45, 2.75) is 6.92 Å². The Morgan fingerprint density at radius 2 is 2.07 bits per heavy atom. The van der Waals surface area contributed by atoms with E-state index in [1.807, 2.05) is 0 Å². The molecule has 0 heterocycles. The molecule has 14 heavy (non-hydrogen) atoms. The molecule has 4 heteroatoms. The summed E-state index contributed by atoms with van der Waals surface area (Å²) < 4.78 is 25.2. The van der Waals surface area contributed by atoms with Crippen LogP contribution in [0.5, 0.6) is 0 Å². The minimum atomic E-state index is -0.983. The molecule has 1 amide bonds. The van der Waals surface area contributed by atoms with Crippen molar-refractivity contribution in [1.82, 2.24) is 0 Å². The summed E-state index contributed by atoms with van der Waals surface area (Å²) in [4.78, 5) is 11.0. The second-order valence-electron chi connectivity index (χ2n) is 2.62. The molecule has 1 aromatic carbocycles. The number of amides is 1. The normalized spacial score (nSPS) is 10.5. The van der Waals surface area contributed by atoms with Gasteiger partial charge >= 0.3 is 0 Å². The van der Waals surface area contributed by atoms with E-state index in [1.165, 1.54) is 12.1 Å². The SMILES string of the molecule is C/C=C/C(=O)Nc1ccc(F)c(F)c1. The van der Waals surface area contributed by atoms with Gasteiger partial charge in [0.25, 0.3) is 0 Å². The smallest absolute Gasteiger partial charge is 0.248 e. The standard InChI is InChI=1S/C10H9F2NO/c1-2-3-10(14)13-7-4-5-8(11)9(12)6-7/h2-6H,1H3,(H,13,14)/b3-2+. The Morgan fingerprint density at radius 3 is 2.64 bits per heavy atom. The van der Waals surface area contributed by atoms with E-state index in [1.54, 1.807) is 13.0 Å². The Morgan fingerprint density at radius 1 is 1.36 bits per heavy atom. The summed E-state index contributed by atoms with van der Waals surface area (Å²) in [5.74, 6) is -2.30. The van der Waals surface area contributed by atoms with Crippen LogP contribution in [0.4, 0.5) is 14.5 Å². The van der Waals surface area contributed by atoms with Crippen molar-refractivity contribution in [3.05, 3.63) is 42.0 Å². The van der Waals surface area contributed by atoms with Crippen LogP contribution in [-0.2, 0) is 4.79 Å². The third kappa shape index (κ3) is 2.65. The van der Waals surface area contributed by atoms with Gasteiger partial charge in [-0.15, -0.1) is 0 Å². The van der Waals surface area contributed by atoms with Crippen LogP contribution in [0.25, 0.3) is 0 Å². The number of carbonyl (C=O) groups excluding carboxylic acids is 1. The third-order valence-electron chi connectivity index (χ3n) is 1.51. The predicted molar refractivity (Wildman–Crippen MR) is 49.8 cm³/mol. The number of hydrogen-bond donors (Lipinski definition) is 1. The van der Waals surface area contributed by atoms with Crippen molar-refractivity contribution in [3.63, 3.8) is 0 Å². The zero-order valence-electron chi connectivity index (χ0n) is 7.55. The molecule has 0 unspecified atom stereocenters. The van der Waals surface area contributed by atoms with Crippen molar-refractivity contribution in [1.29, 1.82) is 0 Å². The van der Waals surface area contributed by atoms with Crippen LogP contribution in [0.2, 0.25) is 0 Å². The van der Waals surface area contributed by atoms with Gasteiger partial charge < -0.3 is 5.32 Å². The Bertz CT molecular complexity index is 374. The zero-order valence-corrected chi connectivity index (χ0v) is 7.55. The summed E-state index contributed by atoms with van der Waals surface area (Å²) in [6, 6.07) is 3.18. The minimum Gasteiger partial charge on any atom is -0.322 e. The maximum absolute atomic E-state index is 12.7. The lowest BCUT2D eigenvalue weighted by atomic mass is 10.3. The van der Waals surface area contributed by atoms with Crippen LogP contribution >= 0.6 is 0 Å².